The largest absolute Gasteiger partial charge is 0.486 e. The highest BCUT2D eigenvalue weighted by Gasteiger charge is 2.08. The van der Waals surface area contributed by atoms with Crippen molar-refractivity contribution in [2.75, 3.05) is 7.11 Å². The number of pyridine rings is 1. The molecule has 0 atom stereocenters. The maximum absolute atomic E-state index is 11.2. The Bertz CT molecular complexity index is 584. The van der Waals surface area contributed by atoms with Crippen molar-refractivity contribution in [3.63, 3.8) is 0 Å². The fourth-order valence-electron chi connectivity index (χ4n) is 1.60. The van der Waals surface area contributed by atoms with Crippen LogP contribution < -0.4 is 15.2 Å². The van der Waals surface area contributed by atoms with E-state index in [0.717, 1.165) is 0 Å². The predicted octanol–water partition coefficient (Wildman–Crippen LogP) is 1.77. The molecule has 0 radical (unpaired) electrons. The van der Waals surface area contributed by atoms with Gasteiger partial charge in [-0.25, -0.2) is 4.98 Å². The molecule has 2 aromatic rings. The Morgan fingerprint density at radius 2 is 2.00 bits per heavy atom. The number of hydrogen-bond donors (Lipinski definition) is 1. The summed E-state index contributed by atoms with van der Waals surface area (Å²) >= 11 is 0. The molecule has 1 amide bonds. The number of ether oxygens (including phenoxy) is 2. The van der Waals surface area contributed by atoms with Crippen LogP contribution in [0.5, 0.6) is 11.6 Å². The second kappa shape index (κ2) is 5.86. The zero-order valence-electron chi connectivity index (χ0n) is 10.5. The summed E-state index contributed by atoms with van der Waals surface area (Å²) in [5, 5.41) is 0. The van der Waals surface area contributed by atoms with Gasteiger partial charge in [0, 0.05) is 6.07 Å². The number of primary amides is 1. The number of carbonyl (C=O) groups is 1. The van der Waals surface area contributed by atoms with Crippen LogP contribution in [0.4, 0.5) is 0 Å². The molecule has 98 valence electrons. The van der Waals surface area contributed by atoms with E-state index < -0.39 is 5.91 Å². The van der Waals surface area contributed by atoms with E-state index in [0.29, 0.717) is 22.9 Å². The summed E-state index contributed by atoms with van der Waals surface area (Å²) in [6.45, 7) is 0.238. The summed E-state index contributed by atoms with van der Waals surface area (Å²) in [7, 11) is 1.55. The highest BCUT2D eigenvalue weighted by molar-refractivity contribution is 5.95. The van der Waals surface area contributed by atoms with E-state index in [1.807, 2.05) is 12.1 Å². The number of hydrogen-bond acceptors (Lipinski definition) is 4. The summed E-state index contributed by atoms with van der Waals surface area (Å²) in [6, 6.07) is 12.2. The van der Waals surface area contributed by atoms with Crippen molar-refractivity contribution >= 4 is 5.91 Å². The summed E-state index contributed by atoms with van der Waals surface area (Å²) < 4.78 is 10.6. The van der Waals surface area contributed by atoms with Gasteiger partial charge in [0.2, 0.25) is 5.88 Å². The van der Waals surface area contributed by atoms with E-state index in [1.54, 1.807) is 37.4 Å². The van der Waals surface area contributed by atoms with Gasteiger partial charge in [-0.05, 0) is 18.2 Å². The Morgan fingerprint density at radius 3 is 2.74 bits per heavy atom. The molecule has 0 aliphatic rings. The van der Waals surface area contributed by atoms with Gasteiger partial charge in [0.05, 0.1) is 18.4 Å². The molecule has 0 aliphatic heterocycles. The van der Waals surface area contributed by atoms with Crippen LogP contribution in [0.15, 0.2) is 42.5 Å². The molecule has 1 aromatic heterocycles. The number of carbonyl (C=O) groups excluding carboxylic acids is 1. The fraction of sp³-hybridized carbons (Fsp3) is 0.143. The van der Waals surface area contributed by atoms with Gasteiger partial charge in [0.1, 0.15) is 12.4 Å². The average Bonchev–Trinajstić information content (AvgIpc) is 2.45. The molecule has 5 heteroatoms. The average molecular weight is 258 g/mol. The number of rotatable bonds is 5. The van der Waals surface area contributed by atoms with Crippen LogP contribution >= 0.6 is 0 Å². The van der Waals surface area contributed by atoms with E-state index in [1.165, 1.54) is 0 Å². The first-order chi connectivity index (χ1) is 9.20. The van der Waals surface area contributed by atoms with Gasteiger partial charge in [-0.15, -0.1) is 0 Å². The van der Waals surface area contributed by atoms with Gasteiger partial charge < -0.3 is 15.2 Å². The lowest BCUT2D eigenvalue weighted by Gasteiger charge is -2.09. The zero-order valence-corrected chi connectivity index (χ0v) is 10.5. The summed E-state index contributed by atoms with van der Waals surface area (Å²) in [5.41, 5.74) is 6.33. The van der Waals surface area contributed by atoms with Crippen molar-refractivity contribution in [1.82, 2.24) is 4.98 Å². The van der Waals surface area contributed by atoms with Crippen molar-refractivity contribution < 1.29 is 14.3 Å². The molecule has 1 heterocycles. The van der Waals surface area contributed by atoms with Gasteiger partial charge in [0.15, 0.2) is 0 Å². The van der Waals surface area contributed by atoms with Crippen molar-refractivity contribution in [2.45, 2.75) is 6.61 Å². The second-order valence-electron chi connectivity index (χ2n) is 3.82. The summed E-state index contributed by atoms with van der Waals surface area (Å²) in [6.07, 6.45) is 0. The molecular weight excluding hydrogens is 244 g/mol. The lowest BCUT2D eigenvalue weighted by atomic mass is 10.2. The Kier molecular flexibility index (Phi) is 3.97. The normalized spacial score (nSPS) is 9.95. The van der Waals surface area contributed by atoms with Crippen LogP contribution in [0.3, 0.4) is 0 Å². The fourth-order valence-corrected chi connectivity index (χ4v) is 1.60. The quantitative estimate of drug-likeness (QED) is 0.886. The van der Waals surface area contributed by atoms with Gasteiger partial charge in [-0.3, -0.25) is 4.79 Å². The standard InChI is InChI=1S/C14H14N2O3/c1-18-13-8-4-5-10(16-13)9-19-12-7-3-2-6-11(12)14(15)17/h2-8H,9H2,1H3,(H2,15,17). The van der Waals surface area contributed by atoms with Gasteiger partial charge in [-0.1, -0.05) is 18.2 Å². The van der Waals surface area contributed by atoms with Crippen LogP contribution in [0.1, 0.15) is 16.1 Å². The number of nitrogens with zero attached hydrogens (tertiary/aromatic N) is 1. The van der Waals surface area contributed by atoms with Crippen LogP contribution in [-0.2, 0) is 6.61 Å². The van der Waals surface area contributed by atoms with E-state index in [-0.39, 0.29) is 6.61 Å². The third kappa shape index (κ3) is 3.22. The summed E-state index contributed by atoms with van der Waals surface area (Å²) in [5.74, 6) is 0.443. The van der Waals surface area contributed by atoms with Crippen LogP contribution in [0.25, 0.3) is 0 Å². The predicted molar refractivity (Wildman–Crippen MR) is 70.1 cm³/mol. The number of amides is 1. The van der Waals surface area contributed by atoms with E-state index in [2.05, 4.69) is 4.98 Å². The lowest BCUT2D eigenvalue weighted by Crippen LogP contribution is -2.13. The van der Waals surface area contributed by atoms with Gasteiger partial charge in [-0.2, -0.15) is 0 Å². The smallest absolute Gasteiger partial charge is 0.252 e. The Labute approximate surface area is 111 Å². The molecule has 1 aromatic carbocycles. The number of nitrogens with two attached hydrogens (primary N) is 1. The first-order valence-electron chi connectivity index (χ1n) is 5.72. The summed E-state index contributed by atoms with van der Waals surface area (Å²) in [4.78, 5) is 15.5. The lowest BCUT2D eigenvalue weighted by molar-refractivity contribution is 0.0996. The first kappa shape index (κ1) is 12.9. The zero-order chi connectivity index (χ0) is 13.7. The van der Waals surface area contributed by atoms with Crippen LogP contribution in [0.2, 0.25) is 0 Å². The third-order valence-corrected chi connectivity index (χ3v) is 2.52. The molecule has 19 heavy (non-hydrogen) atoms. The highest BCUT2D eigenvalue weighted by atomic mass is 16.5. The van der Waals surface area contributed by atoms with Crippen molar-refractivity contribution in [2.24, 2.45) is 5.73 Å². The molecule has 5 nitrogen and oxygen atoms in total. The van der Waals surface area contributed by atoms with E-state index >= 15 is 0 Å². The minimum atomic E-state index is -0.519. The molecule has 0 unspecified atom stereocenters. The molecule has 0 fully saturated rings. The molecule has 0 spiro atoms. The maximum atomic E-state index is 11.2. The molecule has 2 N–H and O–H groups in total. The molecule has 0 saturated heterocycles. The SMILES string of the molecule is COc1cccc(COc2ccccc2C(N)=O)n1. The van der Waals surface area contributed by atoms with Gasteiger partial charge in [0.25, 0.3) is 5.91 Å². The minimum absolute atomic E-state index is 0.238. The maximum Gasteiger partial charge on any atom is 0.252 e. The Hall–Kier alpha value is -2.56. The Morgan fingerprint density at radius 1 is 1.21 bits per heavy atom. The van der Waals surface area contributed by atoms with E-state index in [4.69, 9.17) is 15.2 Å². The Balaban J connectivity index is 2.12. The van der Waals surface area contributed by atoms with Crippen molar-refractivity contribution in [3.05, 3.63) is 53.7 Å². The number of methoxy groups -OCH3 is 1. The van der Waals surface area contributed by atoms with Crippen molar-refractivity contribution in [1.29, 1.82) is 0 Å². The second-order valence-corrected chi connectivity index (χ2v) is 3.82. The molecule has 2 rings (SSSR count). The minimum Gasteiger partial charge on any atom is -0.486 e. The first-order valence-corrected chi connectivity index (χ1v) is 5.72. The molecule has 0 saturated carbocycles. The highest BCUT2D eigenvalue weighted by Crippen LogP contribution is 2.18. The molecule has 0 aliphatic carbocycles. The van der Waals surface area contributed by atoms with Crippen LogP contribution in [0, 0.1) is 0 Å². The number of para-hydroxylation sites is 1. The van der Waals surface area contributed by atoms with Crippen molar-refractivity contribution in [3.8, 4) is 11.6 Å². The van der Waals surface area contributed by atoms with Gasteiger partial charge >= 0.3 is 0 Å². The molecular formula is C14H14N2O3. The molecule has 0 bridgehead atoms. The third-order valence-electron chi connectivity index (χ3n) is 2.52. The van der Waals surface area contributed by atoms with Crippen LogP contribution in [-0.4, -0.2) is 18.0 Å². The topological polar surface area (TPSA) is 74.4 Å². The number of benzene rings is 1. The van der Waals surface area contributed by atoms with E-state index in [9.17, 15) is 4.79 Å². The monoisotopic (exact) mass is 258 g/mol. The number of aromatic nitrogens is 1.